The van der Waals surface area contributed by atoms with Crippen LogP contribution in [-0.2, 0) is 17.7 Å². The lowest BCUT2D eigenvalue weighted by Crippen LogP contribution is -2.29. The number of hydrogen-bond donors (Lipinski definition) is 1. The van der Waals surface area contributed by atoms with Crippen LogP contribution in [0.5, 0.6) is 0 Å². The van der Waals surface area contributed by atoms with Gasteiger partial charge in [-0.3, -0.25) is 4.68 Å². The highest BCUT2D eigenvalue weighted by molar-refractivity contribution is 5.82. The molecule has 4 heteroatoms. The second-order valence-electron chi connectivity index (χ2n) is 5.37. The van der Waals surface area contributed by atoms with Gasteiger partial charge in [-0.2, -0.15) is 5.10 Å². The molecule has 0 spiro atoms. The maximum absolute atomic E-state index is 5.60. The quantitative estimate of drug-likeness (QED) is 0.721. The van der Waals surface area contributed by atoms with Crippen LogP contribution in [0.1, 0.15) is 32.4 Å². The molecule has 1 aromatic heterocycles. The minimum atomic E-state index is 0.408. The maximum Gasteiger partial charge on any atom is 0.0718 e. The monoisotopic (exact) mass is 289 g/mol. The smallest absolute Gasteiger partial charge is 0.0718 e. The lowest BCUT2D eigenvalue weighted by molar-refractivity contribution is 0.125. The first kappa shape index (κ1) is 16.0. The van der Waals surface area contributed by atoms with Gasteiger partial charge in [0, 0.05) is 37.6 Å². The number of aromatic nitrogens is 2. The first-order valence-corrected chi connectivity index (χ1v) is 7.99. The summed E-state index contributed by atoms with van der Waals surface area (Å²) in [6.07, 6.45) is 3.04. The first-order valence-electron chi connectivity index (χ1n) is 7.99. The molecule has 1 N–H and O–H groups in total. The highest BCUT2D eigenvalue weighted by Gasteiger charge is 2.14. The summed E-state index contributed by atoms with van der Waals surface area (Å²) in [5.74, 6) is 0. The van der Waals surface area contributed by atoms with Gasteiger partial charge in [-0.25, -0.2) is 0 Å². The Morgan fingerprint density at radius 3 is 2.76 bits per heavy atom. The van der Waals surface area contributed by atoms with Crippen molar-refractivity contribution in [2.24, 2.45) is 0 Å². The number of ether oxygens (including phenoxy) is 1. The molecule has 1 heterocycles. The molecule has 0 radical (unpaired) electrons. The number of hydrogen-bond acceptors (Lipinski definition) is 3. The van der Waals surface area contributed by atoms with Gasteiger partial charge in [-0.15, -0.1) is 0 Å². The van der Waals surface area contributed by atoms with Crippen LogP contribution in [0.15, 0.2) is 24.3 Å². The van der Waals surface area contributed by atoms with Crippen molar-refractivity contribution in [3.8, 4) is 0 Å². The molecule has 116 valence electrons. The Bertz CT molecular complexity index is 550. The molecule has 0 aliphatic heterocycles. The standard InChI is InChI=1S/C17H27N3O/c1-4-11-21-12-10-14(18-3)13-16-15-8-6-7-9-17(15)20(5-2)19-16/h6-9,14,18H,4-5,10-13H2,1-3H3. The Morgan fingerprint density at radius 1 is 1.24 bits per heavy atom. The summed E-state index contributed by atoms with van der Waals surface area (Å²) in [4.78, 5) is 0. The van der Waals surface area contributed by atoms with Crippen LogP contribution < -0.4 is 5.32 Å². The summed E-state index contributed by atoms with van der Waals surface area (Å²) in [5, 5.41) is 9.44. The predicted molar refractivity (Wildman–Crippen MR) is 87.7 cm³/mol. The molecule has 1 aromatic carbocycles. The summed E-state index contributed by atoms with van der Waals surface area (Å²) < 4.78 is 7.69. The lowest BCUT2D eigenvalue weighted by Gasteiger charge is -2.15. The number of para-hydroxylation sites is 1. The normalized spacial score (nSPS) is 12.9. The fourth-order valence-corrected chi connectivity index (χ4v) is 2.64. The van der Waals surface area contributed by atoms with Gasteiger partial charge >= 0.3 is 0 Å². The van der Waals surface area contributed by atoms with Crippen LogP contribution in [0.3, 0.4) is 0 Å². The number of nitrogens with one attached hydrogen (secondary N) is 1. The average molecular weight is 289 g/mol. The van der Waals surface area contributed by atoms with Gasteiger partial charge in [0.1, 0.15) is 0 Å². The lowest BCUT2D eigenvalue weighted by atomic mass is 10.1. The highest BCUT2D eigenvalue weighted by Crippen LogP contribution is 2.20. The van der Waals surface area contributed by atoms with E-state index in [1.165, 1.54) is 16.6 Å². The van der Waals surface area contributed by atoms with Crippen LogP contribution in [0, 0.1) is 0 Å². The molecule has 0 fully saturated rings. The van der Waals surface area contributed by atoms with E-state index in [0.29, 0.717) is 6.04 Å². The Morgan fingerprint density at radius 2 is 2.05 bits per heavy atom. The zero-order valence-corrected chi connectivity index (χ0v) is 13.4. The molecule has 0 saturated heterocycles. The topological polar surface area (TPSA) is 39.1 Å². The molecule has 0 bridgehead atoms. The van der Waals surface area contributed by atoms with Crippen molar-refractivity contribution in [2.75, 3.05) is 20.3 Å². The van der Waals surface area contributed by atoms with Crippen LogP contribution in [0.4, 0.5) is 0 Å². The summed E-state index contributed by atoms with van der Waals surface area (Å²) in [5.41, 5.74) is 2.41. The Hall–Kier alpha value is -1.39. The van der Waals surface area contributed by atoms with Gasteiger partial charge in [0.15, 0.2) is 0 Å². The molecule has 0 aliphatic carbocycles. The molecule has 2 aromatic rings. The van der Waals surface area contributed by atoms with E-state index in [4.69, 9.17) is 9.84 Å². The first-order chi connectivity index (χ1) is 10.3. The predicted octanol–water partition coefficient (Wildman–Crippen LogP) is 3.00. The molecule has 21 heavy (non-hydrogen) atoms. The van der Waals surface area contributed by atoms with E-state index in [9.17, 15) is 0 Å². The highest BCUT2D eigenvalue weighted by atomic mass is 16.5. The molecule has 0 amide bonds. The number of benzene rings is 1. The summed E-state index contributed by atoms with van der Waals surface area (Å²) >= 11 is 0. The minimum Gasteiger partial charge on any atom is -0.381 e. The molecular weight excluding hydrogens is 262 g/mol. The van der Waals surface area contributed by atoms with Gasteiger partial charge in [0.05, 0.1) is 11.2 Å². The van der Waals surface area contributed by atoms with Crippen molar-refractivity contribution in [1.29, 1.82) is 0 Å². The minimum absolute atomic E-state index is 0.408. The van der Waals surface area contributed by atoms with Gasteiger partial charge in [0.2, 0.25) is 0 Å². The largest absolute Gasteiger partial charge is 0.381 e. The zero-order valence-electron chi connectivity index (χ0n) is 13.4. The molecule has 2 rings (SSSR count). The Kier molecular flexibility index (Phi) is 6.21. The number of likely N-dealkylation sites (N-methyl/N-ethyl adjacent to an activating group) is 1. The fourth-order valence-electron chi connectivity index (χ4n) is 2.64. The van der Waals surface area contributed by atoms with Gasteiger partial charge in [-0.1, -0.05) is 25.1 Å². The van der Waals surface area contributed by atoms with Gasteiger partial charge in [-0.05, 0) is 32.9 Å². The van der Waals surface area contributed by atoms with Crippen molar-refractivity contribution in [3.05, 3.63) is 30.0 Å². The second-order valence-corrected chi connectivity index (χ2v) is 5.37. The van der Waals surface area contributed by atoms with Crippen molar-refractivity contribution in [1.82, 2.24) is 15.1 Å². The number of rotatable bonds is 9. The van der Waals surface area contributed by atoms with E-state index in [1.807, 2.05) is 7.05 Å². The SMILES string of the molecule is CCCOCCC(Cc1nn(CC)c2ccccc12)NC. The Balaban J connectivity index is 2.07. The third-order valence-electron chi connectivity index (χ3n) is 3.84. The van der Waals surface area contributed by atoms with Crippen LogP contribution >= 0.6 is 0 Å². The van der Waals surface area contributed by atoms with E-state index in [0.717, 1.165) is 39.0 Å². The van der Waals surface area contributed by atoms with Crippen molar-refractivity contribution >= 4 is 10.9 Å². The van der Waals surface area contributed by atoms with Crippen LogP contribution in [0.25, 0.3) is 10.9 Å². The van der Waals surface area contributed by atoms with Gasteiger partial charge < -0.3 is 10.1 Å². The molecule has 0 saturated carbocycles. The van der Waals surface area contributed by atoms with E-state index < -0.39 is 0 Å². The third kappa shape index (κ3) is 4.05. The average Bonchev–Trinajstić information content (AvgIpc) is 2.88. The van der Waals surface area contributed by atoms with E-state index in [-0.39, 0.29) is 0 Å². The Labute approximate surface area is 127 Å². The van der Waals surface area contributed by atoms with Crippen LogP contribution in [-0.4, -0.2) is 36.1 Å². The zero-order chi connectivity index (χ0) is 15.1. The summed E-state index contributed by atoms with van der Waals surface area (Å²) in [7, 11) is 2.02. The number of fused-ring (bicyclic) bond motifs is 1. The molecule has 1 atom stereocenters. The van der Waals surface area contributed by atoms with Gasteiger partial charge in [0.25, 0.3) is 0 Å². The van der Waals surface area contributed by atoms with Crippen molar-refractivity contribution < 1.29 is 4.74 Å². The number of nitrogens with zero attached hydrogens (tertiary/aromatic N) is 2. The molecular formula is C17H27N3O. The summed E-state index contributed by atoms with van der Waals surface area (Å²) in [6.45, 7) is 6.84. The van der Waals surface area contributed by atoms with E-state index >= 15 is 0 Å². The van der Waals surface area contributed by atoms with E-state index in [1.54, 1.807) is 0 Å². The van der Waals surface area contributed by atoms with Crippen molar-refractivity contribution in [3.63, 3.8) is 0 Å². The molecule has 1 unspecified atom stereocenters. The second kappa shape index (κ2) is 8.15. The fraction of sp³-hybridized carbons (Fsp3) is 0.588. The maximum atomic E-state index is 5.60. The number of aryl methyl sites for hydroxylation is 1. The third-order valence-corrected chi connectivity index (χ3v) is 3.84. The van der Waals surface area contributed by atoms with Crippen LogP contribution in [0.2, 0.25) is 0 Å². The van der Waals surface area contributed by atoms with Crippen molar-refractivity contribution in [2.45, 2.75) is 45.7 Å². The molecule has 4 nitrogen and oxygen atoms in total. The summed E-state index contributed by atoms with van der Waals surface area (Å²) in [6, 6.07) is 8.89. The molecule has 0 aliphatic rings. The van der Waals surface area contributed by atoms with E-state index in [2.05, 4.69) is 48.1 Å².